The Morgan fingerprint density at radius 3 is 2.39 bits per heavy atom. The zero-order valence-electron chi connectivity index (χ0n) is 18.2. The predicted octanol–water partition coefficient (Wildman–Crippen LogP) is 7.79. The molecule has 0 saturated heterocycles. The van der Waals surface area contributed by atoms with Crippen LogP contribution < -0.4 is 10.1 Å². The number of aryl methyl sites for hydroxylation is 1. The lowest BCUT2D eigenvalue weighted by Crippen LogP contribution is -2.13. The number of nitro benzene ring substituents is 1. The van der Waals surface area contributed by atoms with Crippen molar-refractivity contribution < 1.29 is 27.6 Å². The number of benzene rings is 3. The van der Waals surface area contributed by atoms with Crippen LogP contribution in [-0.2, 0) is 11.0 Å². The van der Waals surface area contributed by atoms with E-state index in [4.69, 9.17) is 4.74 Å². The zero-order chi connectivity index (χ0) is 26.6. The number of hydrogen-bond acceptors (Lipinski definition) is 5. The summed E-state index contributed by atoms with van der Waals surface area (Å²) in [7, 11) is 0. The fraction of sp³-hybridized carbons (Fsp3) is 0.0833. The molecule has 0 aliphatic carbocycles. The predicted molar refractivity (Wildman–Crippen MR) is 133 cm³/mol. The summed E-state index contributed by atoms with van der Waals surface area (Å²) in [6.07, 6.45) is -3.59. The molecule has 0 fully saturated rings. The van der Waals surface area contributed by atoms with Crippen LogP contribution in [0.3, 0.4) is 0 Å². The number of amides is 1. The first-order valence-electron chi connectivity index (χ1n) is 9.91. The van der Waals surface area contributed by atoms with Crippen molar-refractivity contribution in [1.82, 2.24) is 0 Å². The first kappa shape index (κ1) is 26.9. The maximum Gasteiger partial charge on any atom is 0.416 e. The highest BCUT2D eigenvalue weighted by Gasteiger charge is 2.33. The number of nitriles is 1. The minimum Gasteiger partial charge on any atom is -0.448 e. The van der Waals surface area contributed by atoms with Crippen LogP contribution in [0.4, 0.5) is 24.5 Å². The minimum absolute atomic E-state index is 0.0584. The van der Waals surface area contributed by atoms with Crippen LogP contribution >= 0.6 is 31.9 Å². The van der Waals surface area contributed by atoms with Crippen molar-refractivity contribution >= 4 is 55.2 Å². The van der Waals surface area contributed by atoms with Crippen LogP contribution in [-0.4, -0.2) is 10.8 Å². The van der Waals surface area contributed by atoms with Gasteiger partial charge in [-0.1, -0.05) is 33.6 Å². The molecule has 184 valence electrons. The normalized spacial score (nSPS) is 11.5. The lowest BCUT2D eigenvalue weighted by molar-refractivity contribution is -0.385. The summed E-state index contributed by atoms with van der Waals surface area (Å²) in [5.41, 5.74) is -0.849. The van der Waals surface area contributed by atoms with Crippen LogP contribution in [0.2, 0.25) is 0 Å². The molecule has 7 nitrogen and oxygen atoms in total. The Bertz CT molecular complexity index is 1420. The van der Waals surface area contributed by atoms with Gasteiger partial charge >= 0.3 is 11.9 Å². The summed E-state index contributed by atoms with van der Waals surface area (Å²) in [5, 5.41) is 23.6. The van der Waals surface area contributed by atoms with E-state index in [2.05, 4.69) is 37.2 Å². The van der Waals surface area contributed by atoms with Gasteiger partial charge in [0, 0.05) is 21.8 Å². The van der Waals surface area contributed by atoms with Gasteiger partial charge in [-0.3, -0.25) is 14.9 Å². The highest BCUT2D eigenvalue weighted by molar-refractivity contribution is 9.11. The van der Waals surface area contributed by atoms with Crippen LogP contribution in [0.25, 0.3) is 6.08 Å². The Morgan fingerprint density at radius 2 is 1.81 bits per heavy atom. The Balaban J connectivity index is 2.04. The van der Waals surface area contributed by atoms with E-state index < -0.39 is 34.0 Å². The molecule has 0 aliphatic rings. The van der Waals surface area contributed by atoms with Crippen molar-refractivity contribution in [3.63, 3.8) is 0 Å². The Labute approximate surface area is 219 Å². The van der Waals surface area contributed by atoms with Gasteiger partial charge < -0.3 is 10.1 Å². The number of rotatable bonds is 6. The molecule has 0 unspecified atom stereocenters. The number of alkyl halides is 3. The molecule has 1 amide bonds. The van der Waals surface area contributed by atoms with E-state index >= 15 is 0 Å². The number of halogens is 5. The number of ether oxygens (including phenoxy) is 1. The molecule has 3 rings (SSSR count). The maximum atomic E-state index is 13.0. The van der Waals surface area contributed by atoms with Gasteiger partial charge in [-0.2, -0.15) is 18.4 Å². The van der Waals surface area contributed by atoms with Gasteiger partial charge in [-0.05, 0) is 65.3 Å². The summed E-state index contributed by atoms with van der Waals surface area (Å²) in [5.74, 6) is -1.24. The van der Waals surface area contributed by atoms with E-state index in [0.717, 1.165) is 11.6 Å². The van der Waals surface area contributed by atoms with Crippen LogP contribution in [0.15, 0.2) is 69.1 Å². The SMILES string of the molecule is Cc1ccc(NC(=O)/C(C#N)=C/c2cc(Br)cc(Br)c2Oc2ccc(C(F)(F)F)cc2[N+](=O)[O-])cc1. The number of hydrogen-bond donors (Lipinski definition) is 1. The van der Waals surface area contributed by atoms with Gasteiger partial charge in [0.25, 0.3) is 5.91 Å². The lowest BCUT2D eigenvalue weighted by Gasteiger charge is -2.14. The molecule has 1 N–H and O–H groups in total. The van der Waals surface area contributed by atoms with Crippen molar-refractivity contribution in [1.29, 1.82) is 5.26 Å². The van der Waals surface area contributed by atoms with Crippen molar-refractivity contribution in [2.24, 2.45) is 0 Å². The smallest absolute Gasteiger partial charge is 0.416 e. The molecule has 0 spiro atoms. The second-order valence-electron chi connectivity index (χ2n) is 7.34. The van der Waals surface area contributed by atoms with Gasteiger partial charge in [0.15, 0.2) is 0 Å². The Hall–Kier alpha value is -3.69. The molecule has 0 aromatic heterocycles. The third-order valence-electron chi connectivity index (χ3n) is 4.71. The summed E-state index contributed by atoms with van der Waals surface area (Å²) in [6.45, 7) is 1.87. The van der Waals surface area contributed by atoms with Gasteiger partial charge in [0.1, 0.15) is 17.4 Å². The number of anilines is 1. The highest BCUT2D eigenvalue weighted by atomic mass is 79.9. The fourth-order valence-electron chi connectivity index (χ4n) is 2.97. The topological polar surface area (TPSA) is 105 Å². The van der Waals surface area contributed by atoms with Gasteiger partial charge in [-0.15, -0.1) is 0 Å². The summed E-state index contributed by atoms with van der Waals surface area (Å²) < 4.78 is 45.5. The van der Waals surface area contributed by atoms with Crippen molar-refractivity contribution in [3.8, 4) is 17.6 Å². The second kappa shape index (κ2) is 10.9. The molecule has 0 heterocycles. The first-order valence-corrected chi connectivity index (χ1v) is 11.5. The standard InChI is InChI=1S/C24H14Br2F3N3O4/c1-13-2-5-18(6-3-13)31-23(33)15(12-30)8-14-9-17(25)11-19(26)22(14)36-21-7-4-16(24(27,28)29)10-20(21)32(34)35/h2-11H,1H3,(H,31,33)/b15-8+. The molecule has 3 aromatic carbocycles. The van der Waals surface area contributed by atoms with Crippen molar-refractivity contribution in [3.05, 3.63) is 95.9 Å². The molecule has 0 radical (unpaired) electrons. The summed E-state index contributed by atoms with van der Waals surface area (Å²) >= 11 is 6.53. The molecular weight excluding hydrogens is 611 g/mol. The van der Waals surface area contributed by atoms with Crippen LogP contribution in [0, 0.1) is 28.4 Å². The zero-order valence-corrected chi connectivity index (χ0v) is 21.4. The fourth-order valence-corrected chi connectivity index (χ4v) is 4.31. The lowest BCUT2D eigenvalue weighted by atomic mass is 10.1. The largest absolute Gasteiger partial charge is 0.448 e. The van der Waals surface area contributed by atoms with Crippen LogP contribution in [0.5, 0.6) is 11.5 Å². The summed E-state index contributed by atoms with van der Waals surface area (Å²) in [6, 6.07) is 13.5. The highest BCUT2D eigenvalue weighted by Crippen LogP contribution is 2.42. The van der Waals surface area contributed by atoms with E-state index in [1.807, 2.05) is 6.92 Å². The van der Waals surface area contributed by atoms with E-state index in [1.54, 1.807) is 30.3 Å². The first-order chi connectivity index (χ1) is 16.9. The number of nitro groups is 1. The molecule has 0 atom stereocenters. The third-order valence-corrected chi connectivity index (χ3v) is 5.75. The maximum absolute atomic E-state index is 13.0. The Kier molecular flexibility index (Phi) is 8.17. The van der Waals surface area contributed by atoms with Crippen LogP contribution in [0.1, 0.15) is 16.7 Å². The molecule has 0 bridgehead atoms. The number of nitrogens with zero attached hydrogens (tertiary/aromatic N) is 2. The average molecular weight is 625 g/mol. The van der Waals surface area contributed by atoms with Crippen molar-refractivity contribution in [2.45, 2.75) is 13.1 Å². The Morgan fingerprint density at radius 1 is 1.14 bits per heavy atom. The molecule has 0 saturated carbocycles. The van der Waals surface area contributed by atoms with Gasteiger partial charge in [0.05, 0.1) is 15.0 Å². The minimum atomic E-state index is -4.79. The third kappa shape index (κ3) is 6.50. The summed E-state index contributed by atoms with van der Waals surface area (Å²) in [4.78, 5) is 23.1. The molecular formula is C24H14Br2F3N3O4. The number of carbonyl (C=O) groups is 1. The van der Waals surface area contributed by atoms with Crippen molar-refractivity contribution in [2.75, 3.05) is 5.32 Å². The monoisotopic (exact) mass is 623 g/mol. The van der Waals surface area contributed by atoms with E-state index in [9.17, 15) is 33.3 Å². The van der Waals surface area contributed by atoms with E-state index in [1.165, 1.54) is 18.2 Å². The van der Waals surface area contributed by atoms with Gasteiger partial charge in [0.2, 0.25) is 5.75 Å². The van der Waals surface area contributed by atoms with E-state index in [0.29, 0.717) is 22.3 Å². The number of nitrogens with one attached hydrogen (secondary N) is 1. The molecule has 3 aromatic rings. The van der Waals surface area contributed by atoms with Gasteiger partial charge in [-0.25, -0.2) is 0 Å². The number of carbonyl (C=O) groups excluding carboxylic acids is 1. The second-order valence-corrected chi connectivity index (χ2v) is 9.11. The quantitative estimate of drug-likeness (QED) is 0.130. The van der Waals surface area contributed by atoms with E-state index in [-0.39, 0.29) is 21.4 Å². The molecule has 12 heteroatoms. The molecule has 0 aliphatic heterocycles. The average Bonchev–Trinajstić information content (AvgIpc) is 2.80. The molecule has 36 heavy (non-hydrogen) atoms.